The van der Waals surface area contributed by atoms with Crippen molar-refractivity contribution in [3.05, 3.63) is 11.6 Å². The van der Waals surface area contributed by atoms with Crippen molar-refractivity contribution in [3.8, 4) is 0 Å². The van der Waals surface area contributed by atoms with E-state index in [0.717, 1.165) is 32.1 Å². The number of aliphatic carboxylic acids is 1. The van der Waals surface area contributed by atoms with Crippen LogP contribution in [0.1, 0.15) is 108 Å². The minimum atomic E-state index is -0.649. The van der Waals surface area contributed by atoms with Crippen LogP contribution in [0.15, 0.2) is 16.6 Å². The molecule has 1 aliphatic heterocycles. The van der Waals surface area contributed by atoms with Crippen molar-refractivity contribution in [3.63, 3.8) is 0 Å². The van der Waals surface area contributed by atoms with E-state index in [4.69, 9.17) is 19.9 Å². The molecule has 9 heteroatoms. The number of nitrogens with zero attached hydrogens (tertiary/aromatic N) is 1. The Morgan fingerprint density at radius 1 is 1.09 bits per heavy atom. The quantitative estimate of drug-likeness (QED) is 0.0878. The molecule has 11 atom stereocenters. The number of ether oxygens (including phenoxy) is 3. The highest BCUT2D eigenvalue weighted by Crippen LogP contribution is 2.75. The molecule has 3 saturated carbocycles. The van der Waals surface area contributed by atoms with E-state index in [2.05, 4.69) is 64.9 Å². The molecule has 2 bridgehead atoms. The number of nitrogens with two attached hydrogens (primary N) is 1. The van der Waals surface area contributed by atoms with Gasteiger partial charge in [-0.15, -0.1) is 0 Å². The summed E-state index contributed by atoms with van der Waals surface area (Å²) in [4.78, 5) is 30.4. The molecule has 0 aromatic heterocycles. The molecule has 266 valence electrons. The number of rotatable bonds is 9. The maximum Gasteiger partial charge on any atom is 0.307 e. The van der Waals surface area contributed by atoms with Gasteiger partial charge in [-0.05, 0) is 92.3 Å². The largest absolute Gasteiger partial charge is 0.481 e. The number of hydrogen-bond donors (Lipinski definition) is 3. The van der Waals surface area contributed by atoms with Gasteiger partial charge in [-0.1, -0.05) is 60.1 Å². The molecule has 0 spiro atoms. The molecule has 5 aliphatic rings. The number of hydrogen-bond acceptors (Lipinski definition) is 6. The molecule has 0 aromatic carbocycles. The van der Waals surface area contributed by atoms with Crippen molar-refractivity contribution in [2.45, 2.75) is 126 Å². The predicted octanol–water partition coefficient (Wildman–Crippen LogP) is 6.20. The minimum Gasteiger partial charge on any atom is -0.481 e. The van der Waals surface area contributed by atoms with Gasteiger partial charge in [-0.2, -0.15) is 0 Å². The highest BCUT2D eigenvalue weighted by atomic mass is 16.6. The van der Waals surface area contributed by atoms with Gasteiger partial charge in [-0.25, -0.2) is 0 Å². The lowest BCUT2D eigenvalue weighted by Crippen LogP contribution is -2.70. The number of carboxylic acid groups (broad SMARTS) is 1. The summed E-state index contributed by atoms with van der Waals surface area (Å²) in [5.41, 5.74) is 5.98. The number of carboxylic acids is 1. The first kappa shape index (κ1) is 36.2. The Bertz CT molecular complexity index is 1280. The molecular formula is C38H63N3O6. The van der Waals surface area contributed by atoms with Gasteiger partial charge in [0.05, 0.1) is 32.3 Å². The molecule has 4 N–H and O–H groups in total. The molecule has 4 aliphatic carbocycles. The lowest BCUT2D eigenvalue weighted by atomic mass is 9.34. The summed E-state index contributed by atoms with van der Waals surface area (Å²) < 4.78 is 19.3. The second kappa shape index (κ2) is 12.6. The Balaban J connectivity index is 1.51. The summed E-state index contributed by atoms with van der Waals surface area (Å²) >= 11 is 0. The van der Waals surface area contributed by atoms with E-state index in [-0.39, 0.29) is 51.1 Å². The maximum atomic E-state index is 13.4. The summed E-state index contributed by atoms with van der Waals surface area (Å²) in [7, 11) is 0. The van der Waals surface area contributed by atoms with E-state index in [9.17, 15) is 14.7 Å². The van der Waals surface area contributed by atoms with Gasteiger partial charge in [0.1, 0.15) is 12.2 Å². The van der Waals surface area contributed by atoms with Crippen LogP contribution in [0.25, 0.3) is 0 Å². The second-order valence-electron chi connectivity index (χ2n) is 17.6. The third kappa shape index (κ3) is 5.63. The van der Waals surface area contributed by atoms with E-state index in [0.29, 0.717) is 56.5 Å². The molecule has 0 amide bonds. The molecule has 9 nitrogen and oxygen atoms in total. The number of guanidine groups is 1. The molecule has 0 radical (unpaired) electrons. The normalized spacial score (nSPS) is 43.7. The number of carbonyl (C=O) groups excluding carboxylic acids is 1. The number of aliphatic imine (C=N–C) groups is 1. The topological polar surface area (TPSA) is 132 Å². The summed E-state index contributed by atoms with van der Waals surface area (Å²) in [6.07, 6.45) is 7.03. The number of nitrogens with one attached hydrogen (secondary N) is 1. The zero-order valence-electron chi connectivity index (χ0n) is 30.8. The van der Waals surface area contributed by atoms with E-state index < -0.39 is 18.0 Å². The standard InChI is InChI=1S/C38H63N3O6/c1-22(2)24(5)34(7)15-16-36(9)26-11-12-29-35(8)20-45-21-38(29,27(26)13-14-37(36,10)30(34)32(43)44)19-28(47-25(6)42)31(35)46-18-17-40-33(39)41-23(3)4/h13,22-24,26,28-31H,11-12,14-21H2,1-10H3,(H,43,44)(H3,39,40,41)/t24-,26+,28-,29?,30-,31+,34-,35-,36-,37+,38+/m1/s1. The lowest BCUT2D eigenvalue weighted by molar-refractivity contribution is -0.266. The number of carbonyl (C=O) groups is 2. The summed E-state index contributed by atoms with van der Waals surface area (Å²) in [5, 5.41) is 14.1. The van der Waals surface area contributed by atoms with Gasteiger partial charge >= 0.3 is 11.9 Å². The van der Waals surface area contributed by atoms with Crippen molar-refractivity contribution in [2.75, 3.05) is 26.4 Å². The van der Waals surface area contributed by atoms with Crippen LogP contribution < -0.4 is 11.1 Å². The van der Waals surface area contributed by atoms with Gasteiger partial charge in [-0.3, -0.25) is 14.6 Å². The third-order valence-corrected chi connectivity index (χ3v) is 14.5. The fraction of sp³-hybridized carbons (Fsp3) is 0.868. The number of allylic oxidation sites excluding steroid dienone is 1. The van der Waals surface area contributed by atoms with Crippen LogP contribution in [-0.4, -0.2) is 67.6 Å². The first-order chi connectivity index (χ1) is 21.9. The number of fused-ring (bicyclic) bond motifs is 3. The first-order valence-corrected chi connectivity index (χ1v) is 18.2. The molecule has 1 saturated heterocycles. The monoisotopic (exact) mass is 657 g/mol. The predicted molar refractivity (Wildman–Crippen MR) is 184 cm³/mol. The molecule has 47 heavy (non-hydrogen) atoms. The average molecular weight is 658 g/mol. The maximum absolute atomic E-state index is 13.4. The summed E-state index contributed by atoms with van der Waals surface area (Å²) in [6.45, 7) is 23.4. The van der Waals surface area contributed by atoms with Crippen molar-refractivity contribution in [1.29, 1.82) is 0 Å². The van der Waals surface area contributed by atoms with Crippen LogP contribution in [0.5, 0.6) is 0 Å². The van der Waals surface area contributed by atoms with E-state index in [1.807, 2.05) is 13.8 Å². The highest BCUT2D eigenvalue weighted by molar-refractivity contribution is 5.78. The SMILES string of the molecule is CC(=O)O[C@@H]1C[C@@]23COC[C@](C)(C2CC[C@H]2C3=CC[C@@]3(C)[C@H](C(=O)O)[C@@](C)([C@H](C)C(C)C)CC[C@]23C)[C@H]1OCCN=C(N)NC(C)C. The van der Waals surface area contributed by atoms with Gasteiger partial charge in [0.25, 0.3) is 0 Å². The average Bonchev–Trinajstić information content (AvgIpc) is 2.95. The van der Waals surface area contributed by atoms with Crippen LogP contribution in [-0.2, 0) is 23.8 Å². The smallest absolute Gasteiger partial charge is 0.307 e. The zero-order chi connectivity index (χ0) is 34.7. The zero-order valence-corrected chi connectivity index (χ0v) is 30.8. The molecule has 4 fully saturated rings. The third-order valence-electron chi connectivity index (χ3n) is 14.5. The van der Waals surface area contributed by atoms with Crippen LogP contribution in [0.4, 0.5) is 0 Å². The van der Waals surface area contributed by atoms with E-state index in [1.165, 1.54) is 12.5 Å². The van der Waals surface area contributed by atoms with Crippen molar-refractivity contribution in [1.82, 2.24) is 5.32 Å². The van der Waals surface area contributed by atoms with Gasteiger partial charge in [0.2, 0.25) is 0 Å². The Kier molecular flexibility index (Phi) is 9.72. The molecule has 0 aromatic rings. The minimum absolute atomic E-state index is 0.170. The Labute approximate surface area is 283 Å². The molecule has 5 rings (SSSR count). The fourth-order valence-electron chi connectivity index (χ4n) is 11.9. The van der Waals surface area contributed by atoms with Crippen molar-refractivity contribution < 1.29 is 28.9 Å². The second-order valence-corrected chi connectivity index (χ2v) is 17.6. The van der Waals surface area contributed by atoms with E-state index in [1.54, 1.807) is 0 Å². The summed E-state index contributed by atoms with van der Waals surface area (Å²) in [5.74, 6) is 0.274. The molecular weight excluding hydrogens is 594 g/mol. The molecule has 1 heterocycles. The van der Waals surface area contributed by atoms with Gasteiger partial charge in [0, 0.05) is 23.8 Å². The Morgan fingerprint density at radius 2 is 1.79 bits per heavy atom. The first-order valence-electron chi connectivity index (χ1n) is 18.2. The Morgan fingerprint density at radius 3 is 2.40 bits per heavy atom. The number of esters is 1. The van der Waals surface area contributed by atoms with Gasteiger partial charge < -0.3 is 30.4 Å². The van der Waals surface area contributed by atoms with Crippen LogP contribution in [0.2, 0.25) is 0 Å². The van der Waals surface area contributed by atoms with Crippen LogP contribution in [0.3, 0.4) is 0 Å². The lowest BCUT2D eigenvalue weighted by Gasteiger charge is -2.71. The van der Waals surface area contributed by atoms with Gasteiger partial charge in [0.15, 0.2) is 5.96 Å². The Hall–Kier alpha value is -2.13. The summed E-state index contributed by atoms with van der Waals surface area (Å²) in [6, 6.07) is 0.193. The van der Waals surface area contributed by atoms with Crippen molar-refractivity contribution >= 4 is 17.9 Å². The van der Waals surface area contributed by atoms with Crippen LogP contribution in [0, 0.1) is 56.7 Å². The van der Waals surface area contributed by atoms with Crippen LogP contribution >= 0.6 is 0 Å². The van der Waals surface area contributed by atoms with E-state index >= 15 is 0 Å². The van der Waals surface area contributed by atoms with Crippen molar-refractivity contribution in [2.24, 2.45) is 67.4 Å². The fourth-order valence-corrected chi connectivity index (χ4v) is 11.9. The molecule has 1 unspecified atom stereocenters. The highest BCUT2D eigenvalue weighted by Gasteiger charge is 2.72.